The number of urea groups is 1. The molecule has 3 aromatic carbocycles. The number of carbonyl (C=O) groups is 4. The number of carboxylic acid groups (broad SMARTS) is 1. The second-order valence-corrected chi connectivity index (χ2v) is 14.7. The van der Waals surface area contributed by atoms with Crippen molar-refractivity contribution >= 4 is 35.4 Å². The monoisotopic (exact) mass is 740 g/mol. The lowest BCUT2D eigenvalue weighted by Gasteiger charge is -2.40. The first-order chi connectivity index (χ1) is 25.0. The molecule has 2 atom stereocenters. The summed E-state index contributed by atoms with van der Waals surface area (Å²) in [5.74, 6) is -7.11. The summed E-state index contributed by atoms with van der Waals surface area (Å²) in [6, 6.07) is 8.85. The Morgan fingerprint density at radius 1 is 0.981 bits per heavy atom. The highest BCUT2D eigenvalue weighted by Crippen LogP contribution is 2.53. The molecular formula is C38H40F4N4O7. The van der Waals surface area contributed by atoms with Crippen LogP contribution in [0.15, 0.2) is 48.5 Å². The van der Waals surface area contributed by atoms with Crippen molar-refractivity contribution in [3.05, 3.63) is 88.5 Å². The number of carbonyl (C=O) groups excluding carboxylic acids is 3. The number of piperidine rings is 1. The highest BCUT2D eigenvalue weighted by atomic mass is 19.2. The van der Waals surface area contributed by atoms with Crippen LogP contribution in [0.25, 0.3) is 0 Å². The molecule has 0 saturated carbocycles. The Hall–Kier alpha value is -5.34. The van der Waals surface area contributed by atoms with Gasteiger partial charge in [0.15, 0.2) is 17.5 Å². The first-order valence-electron chi connectivity index (χ1n) is 17.3. The molecular weight excluding hydrogens is 700 g/mol. The van der Waals surface area contributed by atoms with Crippen molar-refractivity contribution in [3.8, 4) is 5.75 Å². The van der Waals surface area contributed by atoms with Gasteiger partial charge in [0.2, 0.25) is 5.91 Å². The number of likely N-dealkylation sites (tertiary alicyclic amines) is 1. The van der Waals surface area contributed by atoms with Gasteiger partial charge >= 0.3 is 18.1 Å². The summed E-state index contributed by atoms with van der Waals surface area (Å²) in [4.78, 5) is 54.4. The first kappa shape index (κ1) is 37.4. The molecule has 3 N–H and O–H groups in total. The molecule has 0 aromatic heterocycles. The number of benzene rings is 3. The van der Waals surface area contributed by atoms with Gasteiger partial charge in [0.25, 0.3) is 0 Å². The molecule has 0 bridgehead atoms. The van der Waals surface area contributed by atoms with Gasteiger partial charge in [-0.05, 0) is 104 Å². The van der Waals surface area contributed by atoms with Gasteiger partial charge in [-0.1, -0.05) is 6.07 Å². The summed E-state index contributed by atoms with van der Waals surface area (Å²) < 4.78 is 66.8. The van der Waals surface area contributed by atoms with Gasteiger partial charge in [0, 0.05) is 37.7 Å². The average molecular weight is 741 g/mol. The van der Waals surface area contributed by atoms with E-state index in [9.17, 15) is 41.8 Å². The minimum Gasteiger partial charge on any atom is -0.489 e. The van der Waals surface area contributed by atoms with E-state index in [2.05, 4.69) is 10.6 Å². The van der Waals surface area contributed by atoms with Crippen LogP contribution in [0, 0.1) is 23.3 Å². The Morgan fingerprint density at radius 2 is 1.68 bits per heavy atom. The van der Waals surface area contributed by atoms with Crippen LogP contribution in [0.5, 0.6) is 5.75 Å². The number of fused-ring (bicyclic) bond motifs is 3. The van der Waals surface area contributed by atoms with Gasteiger partial charge in [-0.3, -0.25) is 9.69 Å². The van der Waals surface area contributed by atoms with Gasteiger partial charge in [-0.2, -0.15) is 0 Å². The van der Waals surface area contributed by atoms with Crippen LogP contribution < -0.4 is 20.3 Å². The predicted molar refractivity (Wildman–Crippen MR) is 185 cm³/mol. The average Bonchev–Trinajstić information content (AvgIpc) is 3.36. The fourth-order valence-electron chi connectivity index (χ4n) is 7.47. The van der Waals surface area contributed by atoms with Gasteiger partial charge < -0.3 is 30.1 Å². The van der Waals surface area contributed by atoms with Crippen molar-refractivity contribution in [1.82, 2.24) is 10.2 Å². The molecule has 282 valence electrons. The van der Waals surface area contributed by atoms with E-state index in [4.69, 9.17) is 9.47 Å². The number of nitrogens with zero attached hydrogens (tertiary/aromatic N) is 2. The van der Waals surface area contributed by atoms with E-state index in [1.165, 1.54) is 17.0 Å². The zero-order valence-electron chi connectivity index (χ0n) is 29.4. The van der Waals surface area contributed by atoms with E-state index in [1.807, 2.05) is 0 Å². The molecule has 11 nitrogen and oxygen atoms in total. The number of nitrogens with one attached hydrogen (secondary N) is 2. The molecule has 53 heavy (non-hydrogen) atoms. The highest BCUT2D eigenvalue weighted by Gasteiger charge is 2.47. The maximum atomic E-state index is 14.6. The van der Waals surface area contributed by atoms with E-state index < -0.39 is 70.6 Å². The lowest BCUT2D eigenvalue weighted by Crippen LogP contribution is -2.46. The molecule has 0 unspecified atom stereocenters. The van der Waals surface area contributed by atoms with Crippen LogP contribution in [0.1, 0.15) is 69.1 Å². The van der Waals surface area contributed by atoms with Crippen LogP contribution in [0.4, 0.5) is 38.5 Å². The van der Waals surface area contributed by atoms with Gasteiger partial charge in [0.1, 0.15) is 29.8 Å². The van der Waals surface area contributed by atoms with Crippen LogP contribution in [-0.4, -0.2) is 71.9 Å². The molecule has 6 rings (SSSR count). The van der Waals surface area contributed by atoms with Crippen molar-refractivity contribution in [3.63, 3.8) is 0 Å². The lowest BCUT2D eigenvalue weighted by atomic mass is 9.73. The molecule has 2 aliphatic heterocycles. The fourth-order valence-corrected chi connectivity index (χ4v) is 7.47. The van der Waals surface area contributed by atoms with Crippen LogP contribution in [0.2, 0.25) is 0 Å². The molecule has 1 fully saturated rings. The van der Waals surface area contributed by atoms with Crippen molar-refractivity contribution < 1.29 is 51.3 Å². The third-order valence-corrected chi connectivity index (χ3v) is 9.91. The van der Waals surface area contributed by atoms with Crippen LogP contribution in [0.3, 0.4) is 0 Å². The normalized spacial score (nSPS) is 18.1. The first-order valence-corrected chi connectivity index (χ1v) is 17.3. The van der Waals surface area contributed by atoms with E-state index >= 15 is 0 Å². The third-order valence-electron chi connectivity index (χ3n) is 9.91. The van der Waals surface area contributed by atoms with Crippen LogP contribution >= 0.6 is 0 Å². The molecule has 1 spiro atoms. The van der Waals surface area contributed by atoms with Gasteiger partial charge in [-0.15, -0.1) is 0 Å². The van der Waals surface area contributed by atoms with Crippen LogP contribution in [-0.2, 0) is 26.2 Å². The van der Waals surface area contributed by atoms with Gasteiger partial charge in [0.05, 0.1) is 12.2 Å². The molecule has 2 heterocycles. The predicted octanol–water partition coefficient (Wildman–Crippen LogP) is 6.63. The topological polar surface area (TPSA) is 138 Å². The fraction of sp³-hybridized carbons (Fsp3) is 0.421. The summed E-state index contributed by atoms with van der Waals surface area (Å²) in [7, 11) is 0. The number of carboxylic acids is 1. The van der Waals surface area contributed by atoms with Crippen molar-refractivity contribution in [2.75, 3.05) is 36.5 Å². The quantitative estimate of drug-likeness (QED) is 0.183. The summed E-state index contributed by atoms with van der Waals surface area (Å²) in [5, 5.41) is 15.0. The third kappa shape index (κ3) is 8.18. The minimum atomic E-state index is -1.68. The standard InChI is InChI=1S/C38H40F4N4O7/c1-37(2,3)53-36(51)46-12-13-52-31-19-24(5-7-30(31)46)43-35(50)45-10-8-38(9-11-45)20-22(25-6-4-23(39)18-26(25)38)17-32(47)44-29(34(48)49)16-21-14-27(40)33(42)28(41)15-21/h4-7,14-15,18-19,22,29H,8-13,16-17,20H2,1-3H3,(H,43,50)(H,44,47)(H,48,49)/t22-,29-/m1/s1. The second kappa shape index (κ2) is 14.6. The Balaban J connectivity index is 1.09. The molecule has 15 heteroatoms. The smallest absolute Gasteiger partial charge is 0.415 e. The number of amides is 4. The van der Waals surface area contributed by atoms with E-state index in [0.29, 0.717) is 68.2 Å². The lowest BCUT2D eigenvalue weighted by molar-refractivity contribution is -0.141. The number of ether oxygens (including phenoxy) is 2. The van der Waals surface area contributed by atoms with E-state index in [-0.39, 0.29) is 24.6 Å². The molecule has 0 radical (unpaired) electrons. The number of rotatable bonds is 7. The zero-order valence-corrected chi connectivity index (χ0v) is 29.4. The maximum Gasteiger partial charge on any atom is 0.415 e. The summed E-state index contributed by atoms with van der Waals surface area (Å²) >= 11 is 0. The molecule has 3 aliphatic rings. The number of hydrogen-bond acceptors (Lipinski definition) is 6. The summed E-state index contributed by atoms with van der Waals surface area (Å²) in [5.41, 5.74) is 1.12. The summed E-state index contributed by atoms with van der Waals surface area (Å²) in [6.45, 7) is 6.58. The number of hydrogen-bond donors (Lipinski definition) is 3. The molecule has 1 aliphatic carbocycles. The van der Waals surface area contributed by atoms with Crippen molar-refractivity contribution in [2.45, 2.75) is 75.9 Å². The van der Waals surface area contributed by atoms with Gasteiger partial charge in [-0.25, -0.2) is 31.9 Å². The highest BCUT2D eigenvalue weighted by molar-refractivity contribution is 5.93. The second-order valence-electron chi connectivity index (χ2n) is 14.7. The number of aliphatic carboxylic acids is 1. The molecule has 4 amide bonds. The molecule has 1 saturated heterocycles. The Morgan fingerprint density at radius 3 is 2.34 bits per heavy atom. The van der Waals surface area contributed by atoms with E-state index in [1.54, 1.807) is 49.9 Å². The Kier molecular flexibility index (Phi) is 10.3. The summed E-state index contributed by atoms with van der Waals surface area (Å²) in [6.07, 6.45) is 0.300. The zero-order chi connectivity index (χ0) is 38.2. The Bertz CT molecular complexity index is 1920. The maximum absolute atomic E-state index is 14.6. The van der Waals surface area contributed by atoms with Crippen molar-refractivity contribution in [1.29, 1.82) is 0 Å². The Labute approximate surface area is 303 Å². The largest absolute Gasteiger partial charge is 0.489 e. The SMILES string of the molecule is CC(C)(C)OC(=O)N1CCOc2cc(NC(=O)N3CCC4(CC3)C[C@@H](CC(=O)N[C@H](Cc3cc(F)c(F)c(F)c3)C(=O)O)c3ccc(F)cc34)ccc21. The number of halogens is 4. The number of anilines is 2. The minimum absolute atomic E-state index is 0.133. The molecule has 3 aromatic rings. The van der Waals surface area contributed by atoms with Crippen molar-refractivity contribution in [2.24, 2.45) is 0 Å². The van der Waals surface area contributed by atoms with E-state index in [0.717, 1.165) is 11.1 Å².